The quantitative estimate of drug-likeness (QED) is 0.227. The molecule has 1 aliphatic rings. The molecule has 5 rings (SSSR count). The van der Waals surface area contributed by atoms with Gasteiger partial charge in [0.15, 0.2) is 6.29 Å². The van der Waals surface area contributed by atoms with Crippen LogP contribution in [-0.2, 0) is 50.1 Å². The minimum Gasteiger partial charge on any atom is -0.374 e. The monoisotopic (exact) mass is 565 g/mol. The highest BCUT2D eigenvalue weighted by Crippen LogP contribution is 2.30. The van der Waals surface area contributed by atoms with Gasteiger partial charge < -0.3 is 28.8 Å². The van der Waals surface area contributed by atoms with Crippen LogP contribution in [0.25, 0.3) is 0 Å². The molecule has 1 N–H and O–H groups in total. The standard InChI is InChI=1S/C35H35NO6/c36-20-29-18-10-11-19-30(29)24-41-34-33(40-23-28-16-8-3-9-17-28)32(39-22-27-14-6-2-7-15-27)31(42-35(34)37)25-38-21-26-12-4-1-5-13-26/h1-19,31-35,37H,21-25H2/t31-,32-,33+,34-,35?/m1/s1. The molecular weight excluding hydrogens is 530 g/mol. The van der Waals surface area contributed by atoms with Crippen LogP contribution in [-0.4, -0.2) is 42.4 Å². The maximum absolute atomic E-state index is 11.2. The fraction of sp³-hybridized carbons (Fsp3) is 0.286. The molecule has 0 radical (unpaired) electrons. The summed E-state index contributed by atoms with van der Waals surface area (Å²) in [4.78, 5) is 0. The summed E-state index contributed by atoms with van der Waals surface area (Å²) in [5.74, 6) is 0. The molecule has 1 aliphatic heterocycles. The third kappa shape index (κ3) is 8.11. The van der Waals surface area contributed by atoms with E-state index in [1.807, 2.05) is 103 Å². The van der Waals surface area contributed by atoms with Gasteiger partial charge in [0.2, 0.25) is 0 Å². The molecule has 7 nitrogen and oxygen atoms in total. The van der Waals surface area contributed by atoms with E-state index in [4.69, 9.17) is 23.7 Å². The number of rotatable bonds is 13. The predicted octanol–water partition coefficient (Wildman–Crippen LogP) is 5.55. The van der Waals surface area contributed by atoms with Crippen molar-refractivity contribution in [1.29, 1.82) is 5.26 Å². The number of aliphatic hydroxyl groups excluding tert-OH is 1. The van der Waals surface area contributed by atoms with Crippen molar-refractivity contribution in [1.82, 2.24) is 0 Å². The maximum Gasteiger partial charge on any atom is 0.184 e. The Balaban J connectivity index is 1.38. The molecule has 0 saturated carbocycles. The van der Waals surface area contributed by atoms with Crippen LogP contribution < -0.4 is 0 Å². The van der Waals surface area contributed by atoms with Gasteiger partial charge >= 0.3 is 0 Å². The fourth-order valence-corrected chi connectivity index (χ4v) is 4.94. The molecule has 0 aromatic heterocycles. The van der Waals surface area contributed by atoms with Gasteiger partial charge in [-0.3, -0.25) is 0 Å². The Labute approximate surface area is 246 Å². The van der Waals surface area contributed by atoms with E-state index >= 15 is 0 Å². The molecule has 0 bridgehead atoms. The lowest BCUT2D eigenvalue weighted by atomic mass is 9.97. The van der Waals surface area contributed by atoms with Crippen molar-refractivity contribution in [2.75, 3.05) is 6.61 Å². The molecule has 1 saturated heterocycles. The third-order valence-electron chi connectivity index (χ3n) is 7.14. The number of nitrogens with zero attached hydrogens (tertiary/aromatic N) is 1. The first-order valence-corrected chi connectivity index (χ1v) is 14.1. The van der Waals surface area contributed by atoms with Gasteiger partial charge in [-0.1, -0.05) is 109 Å². The third-order valence-corrected chi connectivity index (χ3v) is 7.14. The van der Waals surface area contributed by atoms with Crippen LogP contribution >= 0.6 is 0 Å². The Morgan fingerprint density at radius 1 is 0.595 bits per heavy atom. The fourth-order valence-electron chi connectivity index (χ4n) is 4.94. The summed E-state index contributed by atoms with van der Waals surface area (Å²) < 4.78 is 31.4. The van der Waals surface area contributed by atoms with Gasteiger partial charge in [0.1, 0.15) is 24.4 Å². The second kappa shape index (κ2) is 15.4. The summed E-state index contributed by atoms with van der Waals surface area (Å²) >= 11 is 0. The minimum atomic E-state index is -1.30. The van der Waals surface area contributed by atoms with Crippen LogP contribution in [0.15, 0.2) is 115 Å². The lowest BCUT2D eigenvalue weighted by Crippen LogP contribution is -2.61. The van der Waals surface area contributed by atoms with Crippen molar-refractivity contribution in [3.05, 3.63) is 143 Å². The molecular formula is C35H35NO6. The van der Waals surface area contributed by atoms with Crippen molar-refractivity contribution in [3.8, 4) is 6.07 Å². The van der Waals surface area contributed by atoms with Crippen molar-refractivity contribution < 1.29 is 28.8 Å². The molecule has 1 heterocycles. The zero-order valence-electron chi connectivity index (χ0n) is 23.3. The number of hydrogen-bond acceptors (Lipinski definition) is 7. The maximum atomic E-state index is 11.2. The summed E-state index contributed by atoms with van der Waals surface area (Å²) in [7, 11) is 0. The van der Waals surface area contributed by atoms with Crippen LogP contribution in [0.3, 0.4) is 0 Å². The van der Waals surface area contributed by atoms with Gasteiger partial charge in [0.25, 0.3) is 0 Å². The molecule has 5 atom stereocenters. The first kappa shape index (κ1) is 29.6. The van der Waals surface area contributed by atoms with Crippen LogP contribution in [0.1, 0.15) is 27.8 Å². The number of hydrogen-bond donors (Lipinski definition) is 1. The highest BCUT2D eigenvalue weighted by molar-refractivity contribution is 5.36. The SMILES string of the molecule is N#Cc1ccccc1CO[C@H]1C(O)O[C@H](COCc2ccccc2)[C@@H](OCc2ccccc2)[C@@H]1OCc1ccccc1. The van der Waals surface area contributed by atoms with Gasteiger partial charge in [0, 0.05) is 0 Å². The van der Waals surface area contributed by atoms with E-state index in [2.05, 4.69) is 6.07 Å². The molecule has 0 spiro atoms. The van der Waals surface area contributed by atoms with Crippen LogP contribution in [0, 0.1) is 11.3 Å². The van der Waals surface area contributed by atoms with Crippen molar-refractivity contribution in [3.63, 3.8) is 0 Å². The van der Waals surface area contributed by atoms with Gasteiger partial charge in [-0.15, -0.1) is 0 Å². The highest BCUT2D eigenvalue weighted by atomic mass is 16.7. The molecule has 42 heavy (non-hydrogen) atoms. The average molecular weight is 566 g/mol. The van der Waals surface area contributed by atoms with Crippen molar-refractivity contribution >= 4 is 0 Å². The van der Waals surface area contributed by atoms with E-state index < -0.39 is 30.7 Å². The number of ether oxygens (including phenoxy) is 5. The van der Waals surface area contributed by atoms with Gasteiger partial charge in [-0.05, 0) is 28.3 Å². The van der Waals surface area contributed by atoms with Gasteiger partial charge in [-0.2, -0.15) is 5.26 Å². The van der Waals surface area contributed by atoms with E-state index in [9.17, 15) is 10.4 Å². The largest absolute Gasteiger partial charge is 0.374 e. The van der Waals surface area contributed by atoms with Gasteiger partial charge in [-0.25, -0.2) is 0 Å². The lowest BCUT2D eigenvalue weighted by molar-refractivity contribution is -0.317. The molecule has 7 heteroatoms. The number of nitriles is 1. The molecule has 4 aromatic rings. The van der Waals surface area contributed by atoms with E-state index in [-0.39, 0.29) is 19.8 Å². The highest BCUT2D eigenvalue weighted by Gasteiger charge is 2.48. The Bertz CT molecular complexity index is 1400. The molecule has 0 aliphatic carbocycles. The van der Waals surface area contributed by atoms with Crippen LogP contribution in [0.5, 0.6) is 0 Å². The van der Waals surface area contributed by atoms with E-state index in [1.54, 1.807) is 12.1 Å². The summed E-state index contributed by atoms with van der Waals surface area (Å²) in [5.41, 5.74) is 4.23. The first-order chi connectivity index (χ1) is 20.7. The minimum absolute atomic E-state index is 0.0978. The van der Waals surface area contributed by atoms with E-state index in [0.29, 0.717) is 24.3 Å². The smallest absolute Gasteiger partial charge is 0.184 e. The van der Waals surface area contributed by atoms with Crippen LogP contribution in [0.4, 0.5) is 0 Å². The Morgan fingerprint density at radius 2 is 1.10 bits per heavy atom. The molecule has 1 fully saturated rings. The predicted molar refractivity (Wildman–Crippen MR) is 157 cm³/mol. The zero-order valence-corrected chi connectivity index (χ0v) is 23.3. The molecule has 1 unspecified atom stereocenters. The summed E-state index contributed by atoms with van der Waals surface area (Å²) in [6.45, 7) is 1.27. The van der Waals surface area contributed by atoms with Crippen molar-refractivity contribution in [2.45, 2.75) is 57.1 Å². The van der Waals surface area contributed by atoms with Crippen molar-refractivity contribution in [2.24, 2.45) is 0 Å². The molecule has 4 aromatic carbocycles. The van der Waals surface area contributed by atoms with Crippen LogP contribution in [0.2, 0.25) is 0 Å². The molecule has 216 valence electrons. The summed E-state index contributed by atoms with van der Waals surface area (Å²) in [6, 6.07) is 39.0. The molecule has 0 amide bonds. The van der Waals surface area contributed by atoms with Gasteiger partial charge in [0.05, 0.1) is 44.7 Å². The average Bonchev–Trinajstić information content (AvgIpc) is 3.04. The second-order valence-corrected chi connectivity index (χ2v) is 10.1. The zero-order chi connectivity index (χ0) is 29.0. The summed E-state index contributed by atoms with van der Waals surface area (Å²) in [6.07, 6.45) is -4.13. The second-order valence-electron chi connectivity index (χ2n) is 10.1. The first-order valence-electron chi connectivity index (χ1n) is 14.1. The Morgan fingerprint density at radius 3 is 1.69 bits per heavy atom. The lowest BCUT2D eigenvalue weighted by Gasteiger charge is -2.44. The van der Waals surface area contributed by atoms with E-state index in [0.717, 1.165) is 16.7 Å². The summed E-state index contributed by atoms with van der Waals surface area (Å²) in [5, 5.41) is 20.8. The normalized spacial score (nSPS) is 22.0. The topological polar surface area (TPSA) is 90.2 Å². The van der Waals surface area contributed by atoms with E-state index in [1.165, 1.54) is 0 Å². The Hall–Kier alpha value is -3.87. The number of benzene rings is 4. The number of aliphatic hydroxyl groups is 1. The Kier molecular flexibility index (Phi) is 10.8.